The zero-order valence-electron chi connectivity index (χ0n) is 21.0. The SMILES string of the molecule is CN(CN(O)C(=O)C[C@@H](CC1CCCC1)C(=O)N1CCCCC1)S(=O)(=O)c1cccc2ccccc12. The zero-order valence-corrected chi connectivity index (χ0v) is 21.8. The fourth-order valence-corrected chi connectivity index (χ4v) is 6.85. The number of hydroxylamine groups is 2. The molecule has 1 aliphatic carbocycles. The number of amides is 2. The van der Waals surface area contributed by atoms with E-state index < -0.39 is 28.5 Å². The molecule has 1 heterocycles. The molecule has 0 unspecified atom stereocenters. The zero-order chi connectivity index (χ0) is 25.7. The molecule has 2 aromatic rings. The summed E-state index contributed by atoms with van der Waals surface area (Å²) in [5.74, 6) is -0.727. The Morgan fingerprint density at radius 3 is 2.39 bits per heavy atom. The number of carbonyl (C=O) groups excluding carboxylic acids is 2. The molecule has 1 aliphatic heterocycles. The molecular formula is C27H37N3O5S. The average molecular weight is 516 g/mol. The number of rotatable bonds is 9. The van der Waals surface area contributed by atoms with E-state index in [2.05, 4.69) is 0 Å². The molecule has 1 atom stereocenters. The number of nitrogens with zero attached hydrogens (tertiary/aromatic N) is 3. The van der Waals surface area contributed by atoms with Crippen LogP contribution in [0.15, 0.2) is 47.4 Å². The maximum Gasteiger partial charge on any atom is 0.247 e. The number of fused-ring (bicyclic) bond motifs is 1. The fourth-order valence-electron chi connectivity index (χ4n) is 5.54. The Labute approximate surface area is 213 Å². The summed E-state index contributed by atoms with van der Waals surface area (Å²) in [4.78, 5) is 28.3. The van der Waals surface area contributed by atoms with Crippen molar-refractivity contribution >= 4 is 32.6 Å². The lowest BCUT2D eigenvalue weighted by molar-refractivity contribution is -0.172. The Bertz CT molecular complexity index is 1170. The molecule has 196 valence electrons. The Morgan fingerprint density at radius 2 is 1.67 bits per heavy atom. The van der Waals surface area contributed by atoms with Crippen molar-refractivity contribution in [2.45, 2.75) is 62.7 Å². The number of benzene rings is 2. The number of piperidine rings is 1. The number of carbonyl (C=O) groups is 2. The van der Waals surface area contributed by atoms with E-state index >= 15 is 0 Å². The predicted molar refractivity (Wildman–Crippen MR) is 138 cm³/mol. The highest BCUT2D eigenvalue weighted by molar-refractivity contribution is 7.89. The van der Waals surface area contributed by atoms with E-state index in [1.165, 1.54) is 13.1 Å². The fraction of sp³-hybridized carbons (Fsp3) is 0.556. The van der Waals surface area contributed by atoms with Gasteiger partial charge in [0.1, 0.15) is 6.67 Å². The van der Waals surface area contributed by atoms with Gasteiger partial charge in [0.2, 0.25) is 21.8 Å². The average Bonchev–Trinajstić information content (AvgIpc) is 3.41. The molecule has 0 spiro atoms. The maximum absolute atomic E-state index is 13.3. The first-order valence-electron chi connectivity index (χ1n) is 13.0. The normalized spacial score (nSPS) is 18.0. The van der Waals surface area contributed by atoms with Gasteiger partial charge >= 0.3 is 0 Å². The third-order valence-electron chi connectivity index (χ3n) is 7.59. The van der Waals surface area contributed by atoms with Crippen LogP contribution >= 0.6 is 0 Å². The molecule has 2 aromatic carbocycles. The molecule has 0 aromatic heterocycles. The lowest BCUT2D eigenvalue weighted by Crippen LogP contribution is -2.44. The van der Waals surface area contributed by atoms with E-state index in [1.54, 1.807) is 18.2 Å². The lowest BCUT2D eigenvalue weighted by atomic mass is 9.89. The van der Waals surface area contributed by atoms with E-state index in [0.29, 0.717) is 35.9 Å². The van der Waals surface area contributed by atoms with E-state index in [4.69, 9.17) is 0 Å². The Hall–Kier alpha value is -2.49. The van der Waals surface area contributed by atoms with Crippen molar-refractivity contribution in [2.24, 2.45) is 11.8 Å². The van der Waals surface area contributed by atoms with Gasteiger partial charge < -0.3 is 4.90 Å². The second-order valence-corrected chi connectivity index (χ2v) is 12.2. The van der Waals surface area contributed by atoms with Crippen molar-refractivity contribution in [1.82, 2.24) is 14.3 Å². The molecule has 2 amide bonds. The summed E-state index contributed by atoms with van der Waals surface area (Å²) in [5, 5.41) is 12.4. The maximum atomic E-state index is 13.3. The van der Waals surface area contributed by atoms with Crippen LogP contribution in [-0.2, 0) is 19.6 Å². The number of sulfonamides is 1. The summed E-state index contributed by atoms with van der Waals surface area (Å²) in [6.45, 7) is 0.907. The summed E-state index contributed by atoms with van der Waals surface area (Å²) in [7, 11) is -2.63. The summed E-state index contributed by atoms with van der Waals surface area (Å²) in [5.41, 5.74) is 0. The van der Waals surface area contributed by atoms with Crippen LogP contribution in [0.25, 0.3) is 10.8 Å². The van der Waals surface area contributed by atoms with Crippen LogP contribution in [0.3, 0.4) is 0 Å². The minimum Gasteiger partial charge on any atom is -0.342 e. The third-order valence-corrected chi connectivity index (χ3v) is 9.44. The van der Waals surface area contributed by atoms with Crippen LogP contribution in [0.4, 0.5) is 0 Å². The van der Waals surface area contributed by atoms with E-state index in [1.807, 2.05) is 23.1 Å². The smallest absolute Gasteiger partial charge is 0.247 e. The topological polar surface area (TPSA) is 98.2 Å². The highest BCUT2D eigenvalue weighted by Gasteiger charge is 2.33. The molecule has 0 bridgehead atoms. The summed E-state index contributed by atoms with van der Waals surface area (Å²) in [6, 6.07) is 12.2. The molecule has 4 rings (SSSR count). The van der Waals surface area contributed by atoms with Crippen LogP contribution in [0.1, 0.15) is 57.8 Å². The Balaban J connectivity index is 1.44. The van der Waals surface area contributed by atoms with Gasteiger partial charge in [0.15, 0.2) is 0 Å². The van der Waals surface area contributed by atoms with Gasteiger partial charge in [-0.15, -0.1) is 0 Å². The monoisotopic (exact) mass is 515 g/mol. The molecule has 9 heteroatoms. The van der Waals surface area contributed by atoms with Gasteiger partial charge in [-0.05, 0) is 43.1 Å². The van der Waals surface area contributed by atoms with Gasteiger partial charge in [0.25, 0.3) is 0 Å². The molecule has 1 saturated heterocycles. The first-order valence-corrected chi connectivity index (χ1v) is 14.4. The van der Waals surface area contributed by atoms with Gasteiger partial charge in [-0.3, -0.25) is 14.8 Å². The standard InChI is InChI=1S/C27H37N3O5S/c1-28(36(34,35)25-15-9-13-22-12-5-6-14-24(22)25)20-30(33)26(31)19-23(18-21-10-3-4-11-21)27(32)29-16-7-2-8-17-29/h5-6,9,12-15,21,23,33H,2-4,7-8,10-11,16-20H2,1H3/t23-/m1/s1. The number of hydrogen-bond donors (Lipinski definition) is 1. The Kier molecular flexibility index (Phi) is 8.64. The molecule has 1 saturated carbocycles. The van der Waals surface area contributed by atoms with Crippen LogP contribution in [0, 0.1) is 11.8 Å². The van der Waals surface area contributed by atoms with Crippen LogP contribution in [0.5, 0.6) is 0 Å². The van der Waals surface area contributed by atoms with Crippen molar-refractivity contribution in [3.05, 3.63) is 42.5 Å². The first kappa shape index (κ1) is 26.6. The van der Waals surface area contributed by atoms with Gasteiger partial charge in [-0.1, -0.05) is 62.1 Å². The summed E-state index contributed by atoms with van der Waals surface area (Å²) >= 11 is 0. The van der Waals surface area contributed by atoms with Crippen LogP contribution < -0.4 is 0 Å². The molecule has 1 N–H and O–H groups in total. The molecule has 2 fully saturated rings. The summed E-state index contributed by atoms with van der Waals surface area (Å²) < 4.78 is 27.5. The summed E-state index contributed by atoms with van der Waals surface area (Å²) in [6.07, 6.45) is 7.98. The quantitative estimate of drug-likeness (QED) is 0.306. The second-order valence-electron chi connectivity index (χ2n) is 10.2. The van der Waals surface area contributed by atoms with Crippen LogP contribution in [0.2, 0.25) is 0 Å². The van der Waals surface area contributed by atoms with E-state index in [-0.39, 0.29) is 17.2 Å². The molecule has 0 radical (unpaired) electrons. The minimum absolute atomic E-state index is 0.0138. The van der Waals surface area contributed by atoms with Gasteiger partial charge in [-0.25, -0.2) is 13.5 Å². The van der Waals surface area contributed by atoms with Crippen molar-refractivity contribution in [3.8, 4) is 0 Å². The van der Waals surface area contributed by atoms with Gasteiger partial charge in [0, 0.05) is 37.9 Å². The lowest BCUT2D eigenvalue weighted by Gasteiger charge is -2.32. The molecule has 36 heavy (non-hydrogen) atoms. The third kappa shape index (κ3) is 6.07. The van der Waals surface area contributed by atoms with Crippen LogP contribution in [-0.4, -0.2) is 66.5 Å². The van der Waals surface area contributed by atoms with Crippen molar-refractivity contribution in [3.63, 3.8) is 0 Å². The minimum atomic E-state index is -3.97. The number of hydrogen-bond acceptors (Lipinski definition) is 5. The molecule has 8 nitrogen and oxygen atoms in total. The van der Waals surface area contributed by atoms with E-state index in [9.17, 15) is 23.2 Å². The second kappa shape index (κ2) is 11.7. The van der Waals surface area contributed by atoms with Crippen molar-refractivity contribution in [2.75, 3.05) is 26.8 Å². The van der Waals surface area contributed by atoms with Crippen molar-refractivity contribution < 1.29 is 23.2 Å². The Morgan fingerprint density at radius 1 is 1.00 bits per heavy atom. The highest BCUT2D eigenvalue weighted by Crippen LogP contribution is 2.33. The van der Waals surface area contributed by atoms with Gasteiger partial charge in [-0.2, -0.15) is 4.31 Å². The van der Waals surface area contributed by atoms with E-state index in [0.717, 1.165) is 54.6 Å². The van der Waals surface area contributed by atoms with Gasteiger partial charge in [0.05, 0.1) is 4.90 Å². The first-order chi connectivity index (χ1) is 17.3. The molecule has 2 aliphatic rings. The number of likely N-dealkylation sites (tertiary alicyclic amines) is 1. The predicted octanol–water partition coefficient (Wildman–Crippen LogP) is 4.23. The highest BCUT2D eigenvalue weighted by atomic mass is 32.2. The largest absolute Gasteiger partial charge is 0.342 e. The van der Waals surface area contributed by atoms with Crippen molar-refractivity contribution in [1.29, 1.82) is 0 Å². The molecular weight excluding hydrogens is 478 g/mol.